The minimum Gasteiger partial charge on any atom is -0.489 e. The summed E-state index contributed by atoms with van der Waals surface area (Å²) in [7, 11) is 0. The van der Waals surface area contributed by atoms with E-state index in [-0.39, 0.29) is 18.9 Å². The fourth-order valence-corrected chi connectivity index (χ4v) is 5.48. The molecular formula is C31H33NO5. The molecule has 0 saturated heterocycles. The van der Waals surface area contributed by atoms with E-state index in [0.717, 1.165) is 47.9 Å². The van der Waals surface area contributed by atoms with Gasteiger partial charge in [-0.05, 0) is 42.5 Å². The van der Waals surface area contributed by atoms with Crippen molar-refractivity contribution >= 4 is 11.9 Å². The number of carbonyl (C=O) groups excluding carboxylic acids is 1. The molecule has 192 valence electrons. The molecule has 2 atom stereocenters. The van der Waals surface area contributed by atoms with Gasteiger partial charge in [0.15, 0.2) is 6.10 Å². The van der Waals surface area contributed by atoms with Gasteiger partial charge in [-0.2, -0.15) is 0 Å². The predicted octanol–water partition coefficient (Wildman–Crippen LogP) is 5.69. The summed E-state index contributed by atoms with van der Waals surface area (Å²) in [4.78, 5) is 28.0. The minimum absolute atomic E-state index is 0.181. The molecule has 0 unspecified atom stereocenters. The number of nitrogens with zero attached hydrogens (tertiary/aromatic N) is 1. The lowest BCUT2D eigenvalue weighted by Crippen LogP contribution is -2.51. The van der Waals surface area contributed by atoms with E-state index in [1.54, 1.807) is 0 Å². The molecule has 6 nitrogen and oxygen atoms in total. The number of amides is 1. The first kappa shape index (κ1) is 25.0. The van der Waals surface area contributed by atoms with Crippen LogP contribution in [0.1, 0.15) is 61.0 Å². The van der Waals surface area contributed by atoms with E-state index >= 15 is 0 Å². The second-order valence-corrected chi connectivity index (χ2v) is 10.3. The minimum atomic E-state index is -1.03. The zero-order chi connectivity index (χ0) is 25.8. The van der Waals surface area contributed by atoms with Gasteiger partial charge in [-0.25, -0.2) is 4.79 Å². The van der Waals surface area contributed by atoms with Crippen LogP contribution in [0.5, 0.6) is 5.75 Å². The van der Waals surface area contributed by atoms with E-state index in [1.165, 1.54) is 4.90 Å². The third-order valence-electron chi connectivity index (χ3n) is 7.54. The molecule has 3 aromatic rings. The Bertz CT molecular complexity index is 1240. The van der Waals surface area contributed by atoms with Crippen molar-refractivity contribution < 1.29 is 24.2 Å². The second kappa shape index (κ2) is 10.8. The van der Waals surface area contributed by atoms with Crippen molar-refractivity contribution in [2.24, 2.45) is 0 Å². The van der Waals surface area contributed by atoms with E-state index in [1.807, 2.05) is 78.9 Å². The van der Waals surface area contributed by atoms with E-state index in [2.05, 4.69) is 6.92 Å². The maximum atomic E-state index is 14.1. The van der Waals surface area contributed by atoms with Crippen LogP contribution in [0.4, 0.5) is 0 Å². The first-order valence-corrected chi connectivity index (χ1v) is 13.0. The van der Waals surface area contributed by atoms with Gasteiger partial charge in [0.25, 0.3) is 5.91 Å². The molecule has 1 amide bonds. The molecule has 1 N–H and O–H groups in total. The Morgan fingerprint density at radius 3 is 2.32 bits per heavy atom. The van der Waals surface area contributed by atoms with Crippen LogP contribution in [-0.2, 0) is 33.9 Å². The molecule has 3 aromatic carbocycles. The first-order chi connectivity index (χ1) is 17.9. The molecule has 2 aliphatic rings. The first-order valence-electron chi connectivity index (χ1n) is 13.0. The van der Waals surface area contributed by atoms with Crippen LogP contribution >= 0.6 is 0 Å². The van der Waals surface area contributed by atoms with Crippen molar-refractivity contribution in [1.82, 2.24) is 4.90 Å². The summed E-state index contributed by atoms with van der Waals surface area (Å²) in [5.41, 5.74) is 3.12. The van der Waals surface area contributed by atoms with Gasteiger partial charge in [0.05, 0.1) is 5.60 Å². The van der Waals surface area contributed by atoms with Crippen LogP contribution < -0.4 is 4.74 Å². The highest BCUT2D eigenvalue weighted by atomic mass is 16.5. The topological polar surface area (TPSA) is 76.1 Å². The molecule has 0 bridgehead atoms. The molecule has 1 fully saturated rings. The number of fused-ring (bicyclic) bond motifs is 1. The van der Waals surface area contributed by atoms with Gasteiger partial charge in [-0.3, -0.25) is 4.79 Å². The molecule has 1 saturated carbocycles. The quantitative estimate of drug-likeness (QED) is 0.431. The van der Waals surface area contributed by atoms with Crippen molar-refractivity contribution in [2.45, 2.75) is 69.9 Å². The number of hydrogen-bond acceptors (Lipinski definition) is 4. The summed E-state index contributed by atoms with van der Waals surface area (Å²) in [5, 5.41) is 10.2. The summed E-state index contributed by atoms with van der Waals surface area (Å²) in [6.07, 6.45) is 3.22. The normalized spacial score (nSPS) is 19.2. The summed E-state index contributed by atoms with van der Waals surface area (Å²) in [5.74, 6) is -0.683. The Morgan fingerprint density at radius 1 is 0.973 bits per heavy atom. The van der Waals surface area contributed by atoms with Crippen molar-refractivity contribution in [3.8, 4) is 5.75 Å². The van der Waals surface area contributed by atoms with E-state index in [0.29, 0.717) is 12.4 Å². The fraction of sp³-hybridized carbons (Fsp3) is 0.355. The molecule has 6 heteroatoms. The lowest BCUT2D eigenvalue weighted by Gasteiger charge is -2.39. The third kappa shape index (κ3) is 5.54. The largest absolute Gasteiger partial charge is 0.489 e. The van der Waals surface area contributed by atoms with Gasteiger partial charge in [-0.15, -0.1) is 0 Å². The van der Waals surface area contributed by atoms with Crippen molar-refractivity contribution in [1.29, 1.82) is 0 Å². The number of hydrogen-bond donors (Lipinski definition) is 1. The molecule has 0 spiro atoms. The van der Waals surface area contributed by atoms with Gasteiger partial charge < -0.3 is 19.5 Å². The van der Waals surface area contributed by atoms with Gasteiger partial charge in [0.1, 0.15) is 18.4 Å². The fourth-order valence-electron chi connectivity index (χ4n) is 5.48. The lowest BCUT2D eigenvalue weighted by atomic mass is 9.92. The van der Waals surface area contributed by atoms with E-state index < -0.39 is 23.7 Å². The molecule has 0 radical (unpaired) electrons. The van der Waals surface area contributed by atoms with Crippen LogP contribution in [0.2, 0.25) is 0 Å². The number of benzene rings is 3. The Kier molecular flexibility index (Phi) is 7.28. The zero-order valence-corrected chi connectivity index (χ0v) is 21.1. The lowest BCUT2D eigenvalue weighted by molar-refractivity contribution is -0.166. The monoisotopic (exact) mass is 499 g/mol. The SMILES string of the molecule is CC1(O[C@H](C(=O)N2Cc3cccc(OCc4ccccc4)c3C[C@H]2C(=O)O)c2ccccc2)CCCC1. The van der Waals surface area contributed by atoms with Gasteiger partial charge in [-0.1, -0.05) is 85.6 Å². The Balaban J connectivity index is 1.43. The summed E-state index contributed by atoms with van der Waals surface area (Å²) < 4.78 is 12.6. The van der Waals surface area contributed by atoms with E-state index in [4.69, 9.17) is 9.47 Å². The van der Waals surface area contributed by atoms with Gasteiger partial charge >= 0.3 is 5.97 Å². The number of rotatable bonds is 8. The Labute approximate surface area is 217 Å². The second-order valence-electron chi connectivity index (χ2n) is 10.3. The Morgan fingerprint density at radius 2 is 1.65 bits per heavy atom. The number of aliphatic carboxylic acids is 1. The molecule has 1 heterocycles. The highest BCUT2D eigenvalue weighted by Crippen LogP contribution is 2.39. The summed E-state index contributed by atoms with van der Waals surface area (Å²) in [6.45, 7) is 2.64. The van der Waals surface area contributed by atoms with Gasteiger partial charge in [0, 0.05) is 18.5 Å². The van der Waals surface area contributed by atoms with Crippen LogP contribution in [0.25, 0.3) is 0 Å². The predicted molar refractivity (Wildman–Crippen MR) is 140 cm³/mol. The molecule has 37 heavy (non-hydrogen) atoms. The highest BCUT2D eigenvalue weighted by Gasteiger charge is 2.42. The smallest absolute Gasteiger partial charge is 0.326 e. The maximum Gasteiger partial charge on any atom is 0.326 e. The van der Waals surface area contributed by atoms with Crippen LogP contribution in [0.3, 0.4) is 0 Å². The van der Waals surface area contributed by atoms with Crippen molar-refractivity contribution in [3.05, 3.63) is 101 Å². The molecule has 1 aliphatic heterocycles. The molecule has 5 rings (SSSR count). The van der Waals surface area contributed by atoms with Crippen LogP contribution in [-0.4, -0.2) is 33.5 Å². The van der Waals surface area contributed by atoms with E-state index in [9.17, 15) is 14.7 Å². The molecular weight excluding hydrogens is 466 g/mol. The number of carbonyl (C=O) groups is 2. The number of ether oxygens (including phenoxy) is 2. The number of carboxylic acids is 1. The third-order valence-corrected chi connectivity index (χ3v) is 7.54. The van der Waals surface area contributed by atoms with Crippen molar-refractivity contribution in [2.75, 3.05) is 0 Å². The van der Waals surface area contributed by atoms with Crippen molar-refractivity contribution in [3.63, 3.8) is 0 Å². The average Bonchev–Trinajstić information content (AvgIpc) is 3.36. The number of carboxylic acid groups (broad SMARTS) is 1. The molecule has 1 aliphatic carbocycles. The highest BCUT2D eigenvalue weighted by molar-refractivity contribution is 5.88. The zero-order valence-electron chi connectivity index (χ0n) is 21.1. The standard InChI is InChI=1S/C31H33NO5/c1-31(17-8-9-18-31)37-28(23-13-6-3-7-14-23)29(33)32-20-24-15-10-16-27(25(24)19-26(32)30(34)35)36-21-22-11-4-2-5-12-22/h2-7,10-16,26,28H,8-9,17-21H2,1H3,(H,34,35)/t26-,28-/m0/s1. The average molecular weight is 500 g/mol. The maximum absolute atomic E-state index is 14.1. The summed E-state index contributed by atoms with van der Waals surface area (Å²) >= 11 is 0. The molecule has 0 aromatic heterocycles. The summed E-state index contributed by atoms with van der Waals surface area (Å²) in [6, 6.07) is 24.0. The Hall–Kier alpha value is -3.64. The van der Waals surface area contributed by atoms with Crippen LogP contribution in [0, 0.1) is 0 Å². The van der Waals surface area contributed by atoms with Gasteiger partial charge in [0.2, 0.25) is 0 Å². The van der Waals surface area contributed by atoms with Crippen LogP contribution in [0.15, 0.2) is 78.9 Å².